The zero-order valence-corrected chi connectivity index (χ0v) is 6.67. The molecule has 1 amide bonds. The predicted molar refractivity (Wildman–Crippen MR) is 42.9 cm³/mol. The van der Waals surface area contributed by atoms with Crippen molar-refractivity contribution in [2.75, 3.05) is 0 Å². The Morgan fingerprint density at radius 2 is 2.55 bits per heavy atom. The summed E-state index contributed by atoms with van der Waals surface area (Å²) in [5.74, 6) is -0.385. The van der Waals surface area contributed by atoms with E-state index in [1.54, 1.807) is 6.20 Å². The van der Waals surface area contributed by atoms with E-state index in [4.69, 9.17) is 11.5 Å². The molecule has 1 rings (SSSR count). The van der Waals surface area contributed by atoms with Gasteiger partial charge in [-0.05, 0) is 11.5 Å². The van der Waals surface area contributed by atoms with Gasteiger partial charge in [0.15, 0.2) is 0 Å². The van der Waals surface area contributed by atoms with Crippen LogP contribution in [0, 0.1) is 0 Å². The van der Waals surface area contributed by atoms with Gasteiger partial charge in [-0.15, -0.1) is 0 Å². The highest BCUT2D eigenvalue weighted by Crippen LogP contribution is 2.13. The second kappa shape index (κ2) is 3.45. The summed E-state index contributed by atoms with van der Waals surface area (Å²) in [7, 11) is 0. The Bertz CT molecular complexity index is 234. The number of rotatable bonds is 3. The first kappa shape index (κ1) is 8.16. The molecule has 0 aliphatic carbocycles. The highest BCUT2D eigenvalue weighted by molar-refractivity contribution is 7.03. The molecule has 0 fully saturated rings. The van der Waals surface area contributed by atoms with Crippen LogP contribution in [0.1, 0.15) is 18.0 Å². The minimum absolute atomic E-state index is 0.179. The Labute approximate surface area is 68.4 Å². The highest BCUT2D eigenvalue weighted by atomic mass is 32.1. The maximum Gasteiger partial charge on any atom is 0.219 e. The van der Waals surface area contributed by atoms with E-state index in [0.29, 0.717) is 0 Å². The monoisotopic (exact) mass is 171 g/mol. The Morgan fingerprint density at radius 3 is 3.00 bits per heavy atom. The van der Waals surface area contributed by atoms with Crippen LogP contribution in [0.2, 0.25) is 0 Å². The molecule has 4 nitrogen and oxygen atoms in total. The van der Waals surface area contributed by atoms with E-state index in [9.17, 15) is 4.79 Å². The van der Waals surface area contributed by atoms with Gasteiger partial charge in [0.1, 0.15) is 0 Å². The van der Waals surface area contributed by atoms with Gasteiger partial charge in [0.2, 0.25) is 5.91 Å². The zero-order valence-electron chi connectivity index (χ0n) is 5.86. The summed E-state index contributed by atoms with van der Waals surface area (Å²) in [6, 6.07) is -0.300. The van der Waals surface area contributed by atoms with Crippen LogP contribution in [0.3, 0.4) is 0 Å². The summed E-state index contributed by atoms with van der Waals surface area (Å²) in [6.07, 6.45) is 1.83. The molecule has 1 heterocycles. The second-order valence-electron chi connectivity index (χ2n) is 2.23. The lowest BCUT2D eigenvalue weighted by Crippen LogP contribution is -2.20. The number of carbonyl (C=O) groups excluding carboxylic acids is 1. The van der Waals surface area contributed by atoms with Crippen molar-refractivity contribution in [3.63, 3.8) is 0 Å². The average molecular weight is 171 g/mol. The molecule has 0 aromatic carbocycles. The summed E-state index contributed by atoms with van der Waals surface area (Å²) >= 11 is 1.31. The van der Waals surface area contributed by atoms with Gasteiger partial charge in [0, 0.05) is 29.6 Å². The van der Waals surface area contributed by atoms with Gasteiger partial charge in [0.05, 0.1) is 0 Å². The van der Waals surface area contributed by atoms with Gasteiger partial charge in [-0.2, -0.15) is 0 Å². The molecule has 1 unspecified atom stereocenters. The van der Waals surface area contributed by atoms with E-state index in [2.05, 4.69) is 4.37 Å². The Balaban J connectivity index is 2.56. The second-order valence-corrected chi connectivity index (χ2v) is 2.89. The lowest BCUT2D eigenvalue weighted by atomic mass is 10.1. The lowest BCUT2D eigenvalue weighted by Gasteiger charge is -2.04. The van der Waals surface area contributed by atoms with Gasteiger partial charge in [-0.3, -0.25) is 4.79 Å². The quantitative estimate of drug-likeness (QED) is 0.672. The smallest absolute Gasteiger partial charge is 0.219 e. The standard InChI is InChI=1S/C6H9N3OS/c7-5(1-6(8)10)4-2-9-11-3-4/h2-3,5H,1,7H2,(H2,8,10). The van der Waals surface area contributed by atoms with Crippen molar-refractivity contribution in [1.29, 1.82) is 0 Å². The molecule has 0 aliphatic heterocycles. The van der Waals surface area contributed by atoms with Crippen LogP contribution in [0.4, 0.5) is 0 Å². The van der Waals surface area contributed by atoms with E-state index < -0.39 is 0 Å². The molecular formula is C6H9N3OS. The number of hydrogen-bond acceptors (Lipinski definition) is 4. The fourth-order valence-electron chi connectivity index (χ4n) is 0.731. The molecule has 1 atom stereocenters. The Kier molecular flexibility index (Phi) is 2.56. The van der Waals surface area contributed by atoms with Gasteiger partial charge in [-0.25, -0.2) is 4.37 Å². The summed E-state index contributed by atoms with van der Waals surface area (Å²) in [5, 5.41) is 1.81. The summed E-state index contributed by atoms with van der Waals surface area (Å²) in [4.78, 5) is 10.4. The largest absolute Gasteiger partial charge is 0.370 e. The van der Waals surface area contributed by atoms with Crippen molar-refractivity contribution < 1.29 is 4.79 Å². The van der Waals surface area contributed by atoms with Crippen molar-refractivity contribution in [3.05, 3.63) is 17.1 Å². The molecule has 0 saturated heterocycles. The van der Waals surface area contributed by atoms with Crippen LogP contribution >= 0.6 is 11.5 Å². The van der Waals surface area contributed by atoms with Gasteiger partial charge < -0.3 is 11.5 Å². The number of carbonyl (C=O) groups is 1. The van der Waals surface area contributed by atoms with E-state index >= 15 is 0 Å². The molecule has 1 aromatic rings. The third kappa shape index (κ3) is 2.28. The number of hydrogen-bond donors (Lipinski definition) is 2. The van der Waals surface area contributed by atoms with Crippen molar-refractivity contribution in [2.24, 2.45) is 11.5 Å². The first-order valence-electron chi connectivity index (χ1n) is 3.13. The van der Waals surface area contributed by atoms with E-state index in [0.717, 1.165) is 5.56 Å². The number of primary amides is 1. The SMILES string of the molecule is NC(=O)CC(N)c1cnsc1. The molecule has 0 bridgehead atoms. The van der Waals surface area contributed by atoms with Crippen LogP contribution in [0.5, 0.6) is 0 Å². The van der Waals surface area contributed by atoms with E-state index in [1.165, 1.54) is 11.5 Å². The maximum absolute atomic E-state index is 10.4. The first-order valence-corrected chi connectivity index (χ1v) is 3.97. The van der Waals surface area contributed by atoms with Crippen LogP contribution in [0.15, 0.2) is 11.6 Å². The third-order valence-electron chi connectivity index (χ3n) is 1.30. The first-order chi connectivity index (χ1) is 5.20. The Hall–Kier alpha value is -0.940. The van der Waals surface area contributed by atoms with Crippen molar-refractivity contribution in [3.8, 4) is 0 Å². The van der Waals surface area contributed by atoms with Crippen molar-refractivity contribution >= 4 is 17.4 Å². The highest BCUT2D eigenvalue weighted by Gasteiger charge is 2.09. The average Bonchev–Trinajstić information content (AvgIpc) is 2.35. The van der Waals surface area contributed by atoms with Crippen LogP contribution in [-0.4, -0.2) is 10.3 Å². The van der Waals surface area contributed by atoms with Crippen LogP contribution in [-0.2, 0) is 4.79 Å². The molecule has 60 valence electrons. The molecule has 0 aliphatic rings. The van der Waals surface area contributed by atoms with Crippen LogP contribution in [0.25, 0.3) is 0 Å². The number of aromatic nitrogens is 1. The molecule has 0 spiro atoms. The van der Waals surface area contributed by atoms with Crippen molar-refractivity contribution in [1.82, 2.24) is 4.37 Å². The van der Waals surface area contributed by atoms with E-state index in [-0.39, 0.29) is 18.4 Å². The molecule has 5 heteroatoms. The molecule has 11 heavy (non-hydrogen) atoms. The molecule has 0 radical (unpaired) electrons. The number of nitrogens with zero attached hydrogens (tertiary/aromatic N) is 1. The molecule has 1 aromatic heterocycles. The van der Waals surface area contributed by atoms with Crippen LogP contribution < -0.4 is 11.5 Å². The fourth-order valence-corrected chi connectivity index (χ4v) is 1.33. The van der Waals surface area contributed by atoms with Gasteiger partial charge in [-0.1, -0.05) is 0 Å². The lowest BCUT2D eigenvalue weighted by molar-refractivity contribution is -0.118. The molecule has 4 N–H and O–H groups in total. The summed E-state index contributed by atoms with van der Waals surface area (Å²) in [6.45, 7) is 0. The molecule has 0 saturated carbocycles. The van der Waals surface area contributed by atoms with Gasteiger partial charge >= 0.3 is 0 Å². The maximum atomic E-state index is 10.4. The zero-order chi connectivity index (χ0) is 8.27. The van der Waals surface area contributed by atoms with Gasteiger partial charge in [0.25, 0.3) is 0 Å². The van der Waals surface area contributed by atoms with E-state index in [1.807, 2.05) is 5.38 Å². The normalized spacial score (nSPS) is 12.8. The van der Waals surface area contributed by atoms with Crippen molar-refractivity contribution in [2.45, 2.75) is 12.5 Å². The number of amides is 1. The third-order valence-corrected chi connectivity index (χ3v) is 1.91. The predicted octanol–water partition coefficient (Wildman–Crippen LogP) is 0.0183. The fraction of sp³-hybridized carbons (Fsp3) is 0.333. The molecular weight excluding hydrogens is 162 g/mol. The summed E-state index contributed by atoms with van der Waals surface area (Å²) < 4.78 is 3.86. The minimum atomic E-state index is -0.385. The number of nitrogens with two attached hydrogens (primary N) is 2. The summed E-state index contributed by atoms with van der Waals surface area (Å²) in [5.41, 5.74) is 11.4. The Morgan fingerprint density at radius 1 is 1.82 bits per heavy atom. The topological polar surface area (TPSA) is 82.0 Å². The minimum Gasteiger partial charge on any atom is -0.370 e.